The number of nitrogens with one attached hydrogen (secondary N) is 1. The molecule has 0 radical (unpaired) electrons. The van der Waals surface area contributed by atoms with Gasteiger partial charge in [-0.3, -0.25) is 4.79 Å². The molecule has 1 fully saturated rings. The van der Waals surface area contributed by atoms with Crippen LogP contribution in [-0.4, -0.2) is 21.3 Å². The lowest BCUT2D eigenvalue weighted by Gasteiger charge is -2.19. The van der Waals surface area contributed by atoms with Crippen LogP contribution in [0.25, 0.3) is 0 Å². The third-order valence-corrected chi connectivity index (χ3v) is 4.06. The lowest BCUT2D eigenvalue weighted by molar-refractivity contribution is 0.0944. The number of H-pyrrole nitrogens is 1. The highest BCUT2D eigenvalue weighted by atomic mass is 32.2. The highest BCUT2D eigenvalue weighted by molar-refractivity contribution is 8.01. The number of hydrogen-bond acceptors (Lipinski definition) is 2. The molecule has 13 heavy (non-hydrogen) atoms. The van der Waals surface area contributed by atoms with Crippen molar-refractivity contribution < 1.29 is 4.79 Å². The van der Waals surface area contributed by atoms with Crippen LogP contribution in [0.1, 0.15) is 30.3 Å². The lowest BCUT2D eigenvalue weighted by atomic mass is 9.98. The molecule has 0 amide bonds. The molecular weight excluding hydrogens is 182 g/mol. The van der Waals surface area contributed by atoms with Gasteiger partial charge < -0.3 is 4.98 Å². The molecule has 2 rings (SSSR count). The Morgan fingerprint density at radius 3 is 3.08 bits per heavy atom. The topological polar surface area (TPSA) is 32.9 Å². The maximum Gasteiger partial charge on any atom is 0.194 e. The second-order valence-corrected chi connectivity index (χ2v) is 5.19. The second kappa shape index (κ2) is 3.22. The van der Waals surface area contributed by atoms with Gasteiger partial charge in [0.15, 0.2) is 5.78 Å². The van der Waals surface area contributed by atoms with E-state index in [2.05, 4.69) is 4.98 Å². The van der Waals surface area contributed by atoms with E-state index in [1.165, 1.54) is 0 Å². The van der Waals surface area contributed by atoms with E-state index in [9.17, 15) is 4.79 Å². The Labute approximate surface area is 82.1 Å². The monoisotopic (exact) mass is 195 g/mol. The molecule has 1 atom stereocenters. The van der Waals surface area contributed by atoms with Gasteiger partial charge >= 0.3 is 0 Å². The number of rotatable bonds is 2. The lowest BCUT2D eigenvalue weighted by Crippen LogP contribution is -2.28. The largest absolute Gasteiger partial charge is 0.359 e. The number of carbonyl (C=O) groups is 1. The van der Waals surface area contributed by atoms with Gasteiger partial charge in [-0.25, -0.2) is 0 Å². The van der Waals surface area contributed by atoms with Crippen molar-refractivity contribution in [2.45, 2.75) is 24.5 Å². The quantitative estimate of drug-likeness (QED) is 0.735. The Morgan fingerprint density at radius 2 is 2.54 bits per heavy atom. The van der Waals surface area contributed by atoms with Gasteiger partial charge in [0.2, 0.25) is 0 Å². The maximum atomic E-state index is 12.0. The summed E-state index contributed by atoms with van der Waals surface area (Å²) < 4.78 is -0.176. The van der Waals surface area contributed by atoms with E-state index in [0.29, 0.717) is 0 Å². The fraction of sp³-hybridized carbons (Fsp3) is 0.500. The van der Waals surface area contributed by atoms with Gasteiger partial charge in [0.25, 0.3) is 0 Å². The molecule has 1 aliphatic rings. The second-order valence-electron chi connectivity index (χ2n) is 3.60. The zero-order chi connectivity index (χ0) is 9.31. The molecule has 1 saturated heterocycles. The minimum absolute atomic E-state index is 0.176. The van der Waals surface area contributed by atoms with Crippen molar-refractivity contribution in [3.63, 3.8) is 0 Å². The van der Waals surface area contributed by atoms with Crippen LogP contribution in [0.4, 0.5) is 0 Å². The Bertz CT molecular complexity index is 299. The predicted octanol–water partition coefficient (Wildman–Crippen LogP) is 2.48. The van der Waals surface area contributed by atoms with E-state index in [0.717, 1.165) is 24.3 Å². The van der Waals surface area contributed by atoms with Crippen molar-refractivity contribution in [1.29, 1.82) is 0 Å². The average molecular weight is 195 g/mol. The standard InChI is InChI=1S/C10H13NOS/c1-10(5-3-7-13-10)9(12)8-4-2-6-11-8/h2,4,6,11H,3,5,7H2,1H3. The molecule has 1 N–H and O–H groups in total. The minimum Gasteiger partial charge on any atom is -0.359 e. The van der Waals surface area contributed by atoms with Crippen LogP contribution in [0, 0.1) is 0 Å². The Hall–Kier alpha value is -0.700. The maximum absolute atomic E-state index is 12.0. The van der Waals surface area contributed by atoms with Crippen molar-refractivity contribution >= 4 is 17.5 Å². The number of hydrogen-bond donors (Lipinski definition) is 1. The highest BCUT2D eigenvalue weighted by Crippen LogP contribution is 2.39. The number of thioether (sulfide) groups is 1. The summed E-state index contributed by atoms with van der Waals surface area (Å²) in [5.41, 5.74) is 0.747. The molecular formula is C10H13NOS. The smallest absolute Gasteiger partial charge is 0.194 e. The van der Waals surface area contributed by atoms with E-state index in [1.54, 1.807) is 18.0 Å². The van der Waals surface area contributed by atoms with Gasteiger partial charge in [-0.15, -0.1) is 11.8 Å². The van der Waals surface area contributed by atoms with Crippen molar-refractivity contribution in [3.8, 4) is 0 Å². The molecule has 1 aliphatic heterocycles. The average Bonchev–Trinajstić information content (AvgIpc) is 2.73. The van der Waals surface area contributed by atoms with Crippen molar-refractivity contribution in [1.82, 2.24) is 4.98 Å². The van der Waals surface area contributed by atoms with E-state index in [1.807, 2.05) is 19.1 Å². The van der Waals surface area contributed by atoms with Gasteiger partial charge in [-0.1, -0.05) is 0 Å². The van der Waals surface area contributed by atoms with Crippen molar-refractivity contribution in [2.24, 2.45) is 0 Å². The van der Waals surface area contributed by atoms with Crippen LogP contribution in [0.15, 0.2) is 18.3 Å². The van der Waals surface area contributed by atoms with Crippen LogP contribution in [-0.2, 0) is 0 Å². The first-order valence-corrected chi connectivity index (χ1v) is 5.53. The molecule has 0 bridgehead atoms. The normalized spacial score (nSPS) is 27.8. The third kappa shape index (κ3) is 1.53. The first-order valence-electron chi connectivity index (χ1n) is 4.54. The van der Waals surface area contributed by atoms with Gasteiger partial charge in [0, 0.05) is 6.20 Å². The molecule has 0 aromatic carbocycles. The molecule has 1 aromatic heterocycles. The Balaban J connectivity index is 2.21. The molecule has 1 unspecified atom stereocenters. The summed E-state index contributed by atoms with van der Waals surface area (Å²) in [6, 6.07) is 3.72. The summed E-state index contributed by atoms with van der Waals surface area (Å²) in [5.74, 6) is 1.36. The van der Waals surface area contributed by atoms with E-state index >= 15 is 0 Å². The van der Waals surface area contributed by atoms with Gasteiger partial charge in [0.05, 0.1) is 10.4 Å². The molecule has 3 heteroatoms. The van der Waals surface area contributed by atoms with E-state index in [-0.39, 0.29) is 10.5 Å². The summed E-state index contributed by atoms with van der Waals surface area (Å²) in [5, 5.41) is 0. The van der Waals surface area contributed by atoms with Crippen LogP contribution in [0.3, 0.4) is 0 Å². The minimum atomic E-state index is -0.176. The first kappa shape index (κ1) is 8.88. The predicted molar refractivity (Wildman–Crippen MR) is 55.2 cm³/mol. The molecule has 0 saturated carbocycles. The molecule has 70 valence electrons. The highest BCUT2D eigenvalue weighted by Gasteiger charge is 2.37. The van der Waals surface area contributed by atoms with E-state index in [4.69, 9.17) is 0 Å². The molecule has 0 spiro atoms. The number of aromatic nitrogens is 1. The fourth-order valence-corrected chi connectivity index (χ4v) is 2.98. The van der Waals surface area contributed by atoms with Crippen LogP contribution in [0.2, 0.25) is 0 Å². The SMILES string of the molecule is CC1(C(=O)c2ccc[nH]2)CCCS1. The van der Waals surface area contributed by atoms with Gasteiger partial charge in [-0.2, -0.15) is 0 Å². The number of ketones is 1. The summed E-state index contributed by atoms with van der Waals surface area (Å²) in [7, 11) is 0. The summed E-state index contributed by atoms with van der Waals surface area (Å²) in [6.45, 7) is 2.05. The zero-order valence-electron chi connectivity index (χ0n) is 7.67. The van der Waals surface area contributed by atoms with Gasteiger partial charge in [0.1, 0.15) is 0 Å². The van der Waals surface area contributed by atoms with E-state index < -0.39 is 0 Å². The molecule has 2 nitrogen and oxygen atoms in total. The van der Waals surface area contributed by atoms with Crippen LogP contribution >= 0.6 is 11.8 Å². The van der Waals surface area contributed by atoms with Crippen molar-refractivity contribution in [2.75, 3.05) is 5.75 Å². The molecule has 1 aromatic rings. The number of carbonyl (C=O) groups excluding carboxylic acids is 1. The van der Waals surface area contributed by atoms with Crippen LogP contribution in [0.5, 0.6) is 0 Å². The Morgan fingerprint density at radius 1 is 1.69 bits per heavy atom. The Kier molecular flexibility index (Phi) is 2.20. The number of Topliss-reactive ketones (excluding diaryl/α,β-unsaturated/α-hetero) is 1. The first-order chi connectivity index (χ1) is 6.22. The summed E-state index contributed by atoms with van der Waals surface area (Å²) >= 11 is 1.78. The molecule has 2 heterocycles. The zero-order valence-corrected chi connectivity index (χ0v) is 8.49. The van der Waals surface area contributed by atoms with Crippen molar-refractivity contribution in [3.05, 3.63) is 24.0 Å². The fourth-order valence-electron chi connectivity index (χ4n) is 1.71. The van der Waals surface area contributed by atoms with Gasteiger partial charge in [-0.05, 0) is 37.7 Å². The summed E-state index contributed by atoms with van der Waals surface area (Å²) in [4.78, 5) is 15.0. The number of aromatic amines is 1. The third-order valence-electron chi connectivity index (χ3n) is 2.54. The van der Waals surface area contributed by atoms with Crippen LogP contribution < -0.4 is 0 Å². The molecule has 0 aliphatic carbocycles. The summed E-state index contributed by atoms with van der Waals surface area (Å²) in [6.07, 6.45) is 3.97.